The fourth-order valence-electron chi connectivity index (χ4n) is 3.60. The van der Waals surface area contributed by atoms with Crippen LogP contribution in [0.25, 0.3) is 5.70 Å². The van der Waals surface area contributed by atoms with Gasteiger partial charge in [0.15, 0.2) is 0 Å². The lowest BCUT2D eigenvalue weighted by molar-refractivity contribution is 0.590. The predicted octanol–water partition coefficient (Wildman–Crippen LogP) is 4.93. The van der Waals surface area contributed by atoms with E-state index in [0.29, 0.717) is 40.9 Å². The van der Waals surface area contributed by atoms with E-state index in [0.717, 1.165) is 23.3 Å². The first-order valence-electron chi connectivity index (χ1n) is 10.3. The van der Waals surface area contributed by atoms with Crippen molar-refractivity contribution >= 4 is 28.8 Å². The summed E-state index contributed by atoms with van der Waals surface area (Å²) in [5.74, 6) is 0.351. The maximum absolute atomic E-state index is 14.5. The molecular formula is C24H25ClFN5. The molecule has 2 heterocycles. The molecule has 0 aromatic heterocycles. The van der Waals surface area contributed by atoms with E-state index >= 15 is 0 Å². The fourth-order valence-corrected chi connectivity index (χ4v) is 3.84. The third-order valence-electron chi connectivity index (χ3n) is 5.16. The van der Waals surface area contributed by atoms with Gasteiger partial charge in [-0.1, -0.05) is 55.4 Å². The van der Waals surface area contributed by atoms with Crippen molar-refractivity contribution in [1.29, 1.82) is 0 Å². The standard InChI is InChI=1S/C24H25ClFN5/c1-3-12-28-22-16(8-6-10-20(22)26)15(2)29-24-18-11-13-27-14-21(18)30-23(31-24)17-7-4-5-9-19(17)25/h4-11,13,23,27-28,30H,2-3,12,14H2,1H3,(H,29,31). The van der Waals surface area contributed by atoms with Gasteiger partial charge in [0, 0.05) is 39.7 Å². The maximum Gasteiger partial charge on any atom is 0.148 e. The van der Waals surface area contributed by atoms with Gasteiger partial charge >= 0.3 is 0 Å². The number of halogens is 2. The van der Waals surface area contributed by atoms with Gasteiger partial charge in [-0.15, -0.1) is 0 Å². The number of dihydropyridines is 1. The molecule has 2 aromatic carbocycles. The fraction of sp³-hybridized carbons (Fsp3) is 0.208. The largest absolute Gasteiger partial charge is 0.385 e. The zero-order valence-corrected chi connectivity index (χ0v) is 18.1. The summed E-state index contributed by atoms with van der Waals surface area (Å²) in [4.78, 5) is 4.88. The van der Waals surface area contributed by atoms with E-state index in [1.807, 2.05) is 49.5 Å². The van der Waals surface area contributed by atoms with Gasteiger partial charge < -0.3 is 21.3 Å². The Kier molecular flexibility index (Phi) is 6.28. The van der Waals surface area contributed by atoms with Crippen molar-refractivity contribution in [2.24, 2.45) is 4.99 Å². The molecule has 7 heteroatoms. The van der Waals surface area contributed by atoms with Gasteiger partial charge in [-0.05, 0) is 30.8 Å². The molecule has 0 aliphatic carbocycles. The number of aliphatic imine (C=N–C) groups is 1. The van der Waals surface area contributed by atoms with Crippen LogP contribution in [0.3, 0.4) is 0 Å². The molecule has 0 radical (unpaired) electrons. The van der Waals surface area contributed by atoms with Gasteiger partial charge in [0.1, 0.15) is 17.8 Å². The summed E-state index contributed by atoms with van der Waals surface area (Å²) >= 11 is 6.43. The van der Waals surface area contributed by atoms with Crippen LogP contribution in [-0.4, -0.2) is 18.9 Å². The molecule has 31 heavy (non-hydrogen) atoms. The minimum atomic E-state index is -0.346. The SMILES string of the molecule is C=C(NC1=NC(c2ccccc2Cl)NC2=C1C=CNC2)c1cccc(F)c1NCCC. The van der Waals surface area contributed by atoms with E-state index in [4.69, 9.17) is 16.6 Å². The Morgan fingerprint density at radius 1 is 1.26 bits per heavy atom. The van der Waals surface area contributed by atoms with Gasteiger partial charge in [0.2, 0.25) is 0 Å². The zero-order chi connectivity index (χ0) is 21.8. The second-order valence-corrected chi connectivity index (χ2v) is 7.75. The first-order valence-corrected chi connectivity index (χ1v) is 10.7. The quantitative estimate of drug-likeness (QED) is 0.517. The molecule has 2 aliphatic heterocycles. The molecule has 1 unspecified atom stereocenters. The van der Waals surface area contributed by atoms with Crippen molar-refractivity contribution in [2.75, 3.05) is 18.4 Å². The van der Waals surface area contributed by atoms with Gasteiger partial charge in [-0.2, -0.15) is 0 Å². The van der Waals surface area contributed by atoms with E-state index in [2.05, 4.69) is 27.8 Å². The average Bonchev–Trinajstić information content (AvgIpc) is 2.78. The lowest BCUT2D eigenvalue weighted by Gasteiger charge is -2.30. The summed E-state index contributed by atoms with van der Waals surface area (Å²) < 4.78 is 14.5. The summed E-state index contributed by atoms with van der Waals surface area (Å²) in [5, 5.41) is 13.8. The summed E-state index contributed by atoms with van der Waals surface area (Å²) in [6.45, 7) is 7.53. The van der Waals surface area contributed by atoms with E-state index in [1.165, 1.54) is 6.07 Å². The van der Waals surface area contributed by atoms with Crippen LogP contribution in [0.2, 0.25) is 5.02 Å². The van der Waals surface area contributed by atoms with Crippen LogP contribution >= 0.6 is 11.6 Å². The minimum Gasteiger partial charge on any atom is -0.385 e. The van der Waals surface area contributed by atoms with Crippen molar-refractivity contribution < 1.29 is 4.39 Å². The lowest BCUT2D eigenvalue weighted by atomic mass is 10.0. The summed E-state index contributed by atoms with van der Waals surface area (Å²) in [7, 11) is 0. The number of nitrogens with one attached hydrogen (secondary N) is 4. The Labute approximate surface area is 186 Å². The molecule has 0 bridgehead atoms. The van der Waals surface area contributed by atoms with Crippen LogP contribution in [0.5, 0.6) is 0 Å². The van der Waals surface area contributed by atoms with Crippen molar-refractivity contribution in [1.82, 2.24) is 16.0 Å². The van der Waals surface area contributed by atoms with Gasteiger partial charge in [-0.25, -0.2) is 9.38 Å². The van der Waals surface area contributed by atoms with E-state index in [1.54, 1.807) is 6.07 Å². The van der Waals surface area contributed by atoms with E-state index in [9.17, 15) is 4.39 Å². The molecule has 1 atom stereocenters. The number of anilines is 1. The van der Waals surface area contributed by atoms with E-state index in [-0.39, 0.29) is 12.0 Å². The average molecular weight is 438 g/mol. The first kappa shape index (κ1) is 21.0. The molecule has 0 saturated heterocycles. The number of benzene rings is 2. The van der Waals surface area contributed by atoms with Gasteiger partial charge in [-0.3, -0.25) is 0 Å². The molecule has 0 spiro atoms. The number of nitrogens with zero attached hydrogens (tertiary/aromatic N) is 1. The van der Waals surface area contributed by atoms with Crippen molar-refractivity contribution in [3.63, 3.8) is 0 Å². The van der Waals surface area contributed by atoms with Crippen LogP contribution in [0.1, 0.15) is 30.6 Å². The molecular weight excluding hydrogens is 413 g/mol. The second kappa shape index (κ2) is 9.27. The predicted molar refractivity (Wildman–Crippen MR) is 126 cm³/mol. The molecule has 0 fully saturated rings. The van der Waals surface area contributed by atoms with Crippen molar-refractivity contribution in [3.05, 3.63) is 94.6 Å². The van der Waals surface area contributed by atoms with Crippen molar-refractivity contribution in [2.45, 2.75) is 19.5 Å². The molecule has 4 rings (SSSR count). The Hall–Kier alpha value is -3.25. The number of rotatable bonds is 6. The highest BCUT2D eigenvalue weighted by Gasteiger charge is 2.26. The smallest absolute Gasteiger partial charge is 0.148 e. The number of amidine groups is 1. The lowest BCUT2D eigenvalue weighted by Crippen LogP contribution is -2.39. The van der Waals surface area contributed by atoms with Gasteiger partial charge in [0.05, 0.1) is 12.2 Å². The molecule has 160 valence electrons. The zero-order valence-electron chi connectivity index (χ0n) is 17.3. The van der Waals surface area contributed by atoms with Crippen molar-refractivity contribution in [3.8, 4) is 0 Å². The number of hydrogen-bond donors (Lipinski definition) is 4. The third kappa shape index (κ3) is 4.44. The Bertz CT molecular complexity index is 1090. The van der Waals surface area contributed by atoms with Gasteiger partial charge in [0.25, 0.3) is 0 Å². The van der Waals surface area contributed by atoms with Crippen LogP contribution < -0.4 is 21.3 Å². The normalized spacial score (nSPS) is 17.3. The molecule has 0 saturated carbocycles. The second-order valence-electron chi connectivity index (χ2n) is 7.35. The topological polar surface area (TPSA) is 60.5 Å². The first-order chi connectivity index (χ1) is 15.1. The molecule has 2 aliphatic rings. The third-order valence-corrected chi connectivity index (χ3v) is 5.50. The Morgan fingerprint density at radius 2 is 2.10 bits per heavy atom. The molecule has 0 amide bonds. The van der Waals surface area contributed by atoms with Crippen LogP contribution in [0.15, 0.2) is 77.6 Å². The summed E-state index contributed by atoms with van der Waals surface area (Å²) in [6, 6.07) is 12.6. The highest BCUT2D eigenvalue weighted by molar-refractivity contribution is 6.31. The van der Waals surface area contributed by atoms with Crippen LogP contribution in [-0.2, 0) is 0 Å². The monoisotopic (exact) mass is 437 g/mol. The van der Waals surface area contributed by atoms with Crippen LogP contribution in [0, 0.1) is 5.82 Å². The molecule has 4 N–H and O–H groups in total. The van der Waals surface area contributed by atoms with E-state index < -0.39 is 0 Å². The highest BCUT2D eigenvalue weighted by atomic mass is 35.5. The summed E-state index contributed by atoms with van der Waals surface area (Å²) in [6.07, 6.45) is 4.38. The maximum atomic E-state index is 14.5. The Morgan fingerprint density at radius 3 is 2.90 bits per heavy atom. The van der Waals surface area contributed by atoms with Crippen LogP contribution in [0.4, 0.5) is 10.1 Å². The molecule has 2 aromatic rings. The number of hydrogen-bond acceptors (Lipinski definition) is 5. The minimum absolute atomic E-state index is 0.309. The summed E-state index contributed by atoms with van der Waals surface area (Å²) in [5.41, 5.74) is 4.49. The Balaban J connectivity index is 1.67. The highest BCUT2D eigenvalue weighted by Crippen LogP contribution is 2.30. The number of para-hydroxylation sites is 1. The molecule has 5 nitrogen and oxygen atoms in total.